The van der Waals surface area contributed by atoms with Crippen molar-refractivity contribution < 1.29 is 27.8 Å². The predicted molar refractivity (Wildman–Crippen MR) is 143 cm³/mol. The summed E-state index contributed by atoms with van der Waals surface area (Å²) in [6.45, 7) is 3.93. The van der Waals surface area contributed by atoms with Crippen molar-refractivity contribution in [2.75, 3.05) is 13.7 Å². The van der Waals surface area contributed by atoms with Gasteiger partial charge in [0.05, 0.1) is 12.7 Å². The minimum Gasteiger partial charge on any atom is -0.367 e. The predicted octanol–water partition coefficient (Wildman–Crippen LogP) is 6.08. The van der Waals surface area contributed by atoms with Crippen LogP contribution in [0, 0.1) is 5.82 Å². The molecular weight excluding hydrogens is 502 g/mol. The number of unbranched alkanes of at least 4 members (excludes halogenated alkanes) is 13. The molecule has 0 aliphatic heterocycles. The Kier molecular flexibility index (Phi) is 18.0. The number of hydrogen-bond acceptors (Lipinski definition) is 6. The summed E-state index contributed by atoms with van der Waals surface area (Å²) in [7, 11) is -3.22. The van der Waals surface area contributed by atoms with Gasteiger partial charge in [0.1, 0.15) is 0 Å². The van der Waals surface area contributed by atoms with Gasteiger partial charge in [0.25, 0.3) is 5.56 Å². The van der Waals surface area contributed by atoms with Crippen molar-refractivity contribution in [3.63, 3.8) is 0 Å². The van der Waals surface area contributed by atoms with Crippen LogP contribution in [0.2, 0.25) is 0 Å². The number of aromatic amines is 1. The fourth-order valence-corrected chi connectivity index (χ4v) is 5.40. The Morgan fingerprint density at radius 3 is 1.95 bits per heavy atom. The standard InChI is InChI=1S/C26H48FN2O7P/c1-4-6-7-8-9-10-11-12-13-14-15-16-17-18-19-35-23(5-2)36-37(32,33)24(34-3)21-29-20-22(27)25(30)28-26(29)31/h20,23-24H,4-19,21H2,1-3H3,(H,32,33)(H,28,30,31). The maximum absolute atomic E-state index is 13.5. The van der Waals surface area contributed by atoms with Crippen molar-refractivity contribution in [2.45, 2.75) is 129 Å². The third-order valence-corrected chi connectivity index (χ3v) is 8.00. The molecule has 1 rings (SSSR count). The van der Waals surface area contributed by atoms with E-state index in [-0.39, 0.29) is 0 Å². The highest BCUT2D eigenvalue weighted by atomic mass is 31.2. The topological polar surface area (TPSA) is 120 Å². The van der Waals surface area contributed by atoms with E-state index in [0.717, 1.165) is 23.8 Å². The van der Waals surface area contributed by atoms with Gasteiger partial charge in [-0.2, -0.15) is 4.39 Å². The van der Waals surface area contributed by atoms with E-state index in [1.807, 2.05) is 0 Å². The average molecular weight is 551 g/mol. The third-order valence-electron chi connectivity index (χ3n) is 6.36. The number of rotatable bonds is 23. The van der Waals surface area contributed by atoms with Crippen LogP contribution in [0.25, 0.3) is 0 Å². The largest absolute Gasteiger partial charge is 0.367 e. The van der Waals surface area contributed by atoms with Crippen LogP contribution in [0.5, 0.6) is 0 Å². The second-order valence-corrected chi connectivity index (χ2v) is 11.5. The Morgan fingerprint density at radius 2 is 1.46 bits per heavy atom. The van der Waals surface area contributed by atoms with Gasteiger partial charge in [-0.3, -0.25) is 23.4 Å². The second-order valence-electron chi connectivity index (χ2n) is 9.55. The van der Waals surface area contributed by atoms with Gasteiger partial charge < -0.3 is 14.4 Å². The Bertz CT molecular complexity index is 892. The summed E-state index contributed by atoms with van der Waals surface area (Å²) in [5.74, 6) is -2.64. The van der Waals surface area contributed by atoms with Gasteiger partial charge in [0, 0.05) is 13.7 Å². The molecule has 1 heterocycles. The van der Waals surface area contributed by atoms with E-state index in [4.69, 9.17) is 14.0 Å². The zero-order valence-corrected chi connectivity index (χ0v) is 23.8. The van der Waals surface area contributed by atoms with Crippen LogP contribution < -0.4 is 11.2 Å². The molecule has 0 amide bonds. The highest BCUT2D eigenvalue weighted by Gasteiger charge is 2.36. The zero-order chi connectivity index (χ0) is 27.5. The molecule has 1 aromatic rings. The molecule has 0 fully saturated rings. The fourth-order valence-electron chi connectivity index (χ4n) is 4.07. The smallest absolute Gasteiger partial charge is 0.360 e. The van der Waals surface area contributed by atoms with Crippen molar-refractivity contribution in [1.29, 1.82) is 0 Å². The molecule has 0 saturated heterocycles. The van der Waals surface area contributed by atoms with Crippen LogP contribution >= 0.6 is 7.60 Å². The molecule has 1 aromatic heterocycles. The molecule has 3 unspecified atom stereocenters. The maximum Gasteiger partial charge on any atom is 0.360 e. The first kappa shape index (κ1) is 33.7. The summed E-state index contributed by atoms with van der Waals surface area (Å²) in [5.41, 5.74) is -2.09. The Morgan fingerprint density at radius 1 is 0.946 bits per heavy atom. The number of halogens is 1. The molecule has 0 radical (unpaired) electrons. The molecule has 11 heteroatoms. The van der Waals surface area contributed by atoms with Crippen molar-refractivity contribution in [3.8, 4) is 0 Å². The summed E-state index contributed by atoms with van der Waals surface area (Å²) in [5, 5.41) is 0. The lowest BCUT2D eigenvalue weighted by Gasteiger charge is -2.26. The van der Waals surface area contributed by atoms with Gasteiger partial charge in [-0.15, -0.1) is 0 Å². The first-order valence-corrected chi connectivity index (χ1v) is 15.5. The number of nitrogens with one attached hydrogen (secondary N) is 1. The summed E-state index contributed by atoms with van der Waals surface area (Å²) in [6, 6.07) is 0. The molecule has 37 heavy (non-hydrogen) atoms. The first-order chi connectivity index (χ1) is 17.7. The molecule has 0 aliphatic carbocycles. The quantitative estimate of drug-likeness (QED) is 0.0962. The van der Waals surface area contributed by atoms with Gasteiger partial charge in [-0.05, 0) is 12.8 Å². The molecule has 0 bridgehead atoms. The Labute approximate surface area is 220 Å². The lowest BCUT2D eigenvalue weighted by molar-refractivity contribution is -0.0921. The molecular formula is C26H48FN2O7P. The van der Waals surface area contributed by atoms with Gasteiger partial charge in [0.2, 0.25) is 5.82 Å². The number of H-pyrrole nitrogens is 1. The fraction of sp³-hybridized carbons (Fsp3) is 0.846. The molecule has 9 nitrogen and oxygen atoms in total. The average Bonchev–Trinajstić information content (AvgIpc) is 2.86. The highest BCUT2D eigenvalue weighted by molar-refractivity contribution is 7.53. The van der Waals surface area contributed by atoms with Crippen molar-refractivity contribution in [2.24, 2.45) is 0 Å². The number of hydrogen-bond donors (Lipinski definition) is 2. The van der Waals surface area contributed by atoms with E-state index in [2.05, 4.69) is 6.92 Å². The van der Waals surface area contributed by atoms with E-state index in [1.165, 1.54) is 77.7 Å². The minimum absolute atomic E-state index is 0.340. The van der Waals surface area contributed by atoms with E-state index >= 15 is 0 Å². The lowest BCUT2D eigenvalue weighted by atomic mass is 10.0. The van der Waals surface area contributed by atoms with Crippen LogP contribution in [0.4, 0.5) is 4.39 Å². The van der Waals surface area contributed by atoms with Gasteiger partial charge >= 0.3 is 13.3 Å². The zero-order valence-electron chi connectivity index (χ0n) is 22.9. The van der Waals surface area contributed by atoms with Crippen LogP contribution in [0.1, 0.15) is 110 Å². The van der Waals surface area contributed by atoms with Gasteiger partial charge in [-0.1, -0.05) is 97.3 Å². The van der Waals surface area contributed by atoms with E-state index in [0.29, 0.717) is 19.2 Å². The molecule has 2 N–H and O–H groups in total. The van der Waals surface area contributed by atoms with Gasteiger partial charge in [-0.25, -0.2) is 4.79 Å². The number of methoxy groups -OCH3 is 1. The molecule has 0 aromatic carbocycles. The molecule has 0 spiro atoms. The highest BCUT2D eigenvalue weighted by Crippen LogP contribution is 2.50. The number of ether oxygens (including phenoxy) is 2. The molecule has 3 atom stereocenters. The van der Waals surface area contributed by atoms with Gasteiger partial charge in [0.15, 0.2) is 12.1 Å². The normalized spacial score (nSPS) is 14.9. The monoisotopic (exact) mass is 550 g/mol. The Hall–Kier alpha value is -1.32. The molecule has 0 saturated carbocycles. The van der Waals surface area contributed by atoms with Crippen molar-refractivity contribution in [3.05, 3.63) is 32.9 Å². The first-order valence-electron chi connectivity index (χ1n) is 13.9. The van der Waals surface area contributed by atoms with E-state index in [1.54, 1.807) is 11.9 Å². The van der Waals surface area contributed by atoms with Crippen LogP contribution in [-0.2, 0) is 25.1 Å². The second kappa shape index (κ2) is 19.7. The number of nitrogens with zero attached hydrogens (tertiary/aromatic N) is 1. The summed E-state index contributed by atoms with van der Waals surface area (Å²) >= 11 is 0. The SMILES string of the molecule is CCCCCCCCCCCCCCCCOC(CC)OP(=O)(O)C(Cn1cc(F)c(=O)[nH]c1=O)OC. The van der Waals surface area contributed by atoms with E-state index in [9.17, 15) is 23.4 Å². The summed E-state index contributed by atoms with van der Waals surface area (Å²) < 4.78 is 43.1. The van der Waals surface area contributed by atoms with E-state index < -0.39 is 43.3 Å². The molecule has 216 valence electrons. The third kappa shape index (κ3) is 14.4. The van der Waals surface area contributed by atoms with Crippen molar-refractivity contribution in [1.82, 2.24) is 9.55 Å². The minimum atomic E-state index is -4.40. The maximum atomic E-state index is 13.5. The van der Waals surface area contributed by atoms with Crippen LogP contribution in [0.15, 0.2) is 15.8 Å². The summed E-state index contributed by atoms with van der Waals surface area (Å²) in [6.07, 6.45) is 17.6. The molecule has 0 aliphatic rings. The van der Waals surface area contributed by atoms with Crippen LogP contribution in [-0.4, -0.2) is 40.3 Å². The number of aromatic nitrogens is 2. The van der Waals surface area contributed by atoms with Crippen molar-refractivity contribution >= 4 is 7.60 Å². The van der Waals surface area contributed by atoms with Crippen LogP contribution in [0.3, 0.4) is 0 Å². The Balaban J connectivity index is 2.24. The summed E-state index contributed by atoms with van der Waals surface area (Å²) in [4.78, 5) is 35.3. The lowest BCUT2D eigenvalue weighted by Crippen LogP contribution is -2.35.